The molecule has 148 valence electrons. The Balaban J connectivity index is 1.74. The molecule has 1 aliphatic rings. The van der Waals surface area contributed by atoms with E-state index in [1.54, 1.807) is 18.2 Å². The third-order valence-electron chi connectivity index (χ3n) is 4.53. The van der Waals surface area contributed by atoms with Crippen LogP contribution in [0.25, 0.3) is 17.1 Å². The van der Waals surface area contributed by atoms with Crippen LogP contribution in [0.3, 0.4) is 0 Å². The van der Waals surface area contributed by atoms with Gasteiger partial charge in [0, 0.05) is 12.6 Å². The van der Waals surface area contributed by atoms with Crippen LogP contribution in [0.4, 0.5) is 0 Å². The highest BCUT2D eigenvalue weighted by Gasteiger charge is 2.33. The molecule has 1 fully saturated rings. The van der Waals surface area contributed by atoms with Crippen molar-refractivity contribution >= 4 is 57.3 Å². The molecule has 2 heterocycles. The highest BCUT2D eigenvalue weighted by molar-refractivity contribution is 8.26. The first kappa shape index (κ1) is 19.8. The second kappa shape index (κ2) is 8.10. The van der Waals surface area contributed by atoms with Gasteiger partial charge in [0.15, 0.2) is 0 Å². The van der Waals surface area contributed by atoms with Gasteiger partial charge in [0.1, 0.15) is 16.7 Å². The van der Waals surface area contributed by atoms with Crippen molar-refractivity contribution < 1.29 is 14.7 Å². The van der Waals surface area contributed by atoms with Crippen LogP contribution in [0.1, 0.15) is 17.0 Å². The Morgan fingerprint density at radius 2 is 1.97 bits per heavy atom. The third-order valence-corrected chi connectivity index (χ3v) is 5.91. The summed E-state index contributed by atoms with van der Waals surface area (Å²) in [5, 5.41) is 18.0. The zero-order valence-electron chi connectivity index (χ0n) is 15.5. The van der Waals surface area contributed by atoms with Gasteiger partial charge in [-0.1, -0.05) is 48.2 Å². The van der Waals surface area contributed by atoms with Crippen LogP contribution in [-0.4, -0.2) is 42.3 Å². The zero-order valence-corrected chi connectivity index (χ0v) is 17.1. The van der Waals surface area contributed by atoms with Gasteiger partial charge in [-0.05, 0) is 29.8 Å². The molecule has 1 N–H and O–H groups in total. The predicted octanol–water partition coefficient (Wildman–Crippen LogP) is 3.24. The average Bonchev–Trinajstić information content (AvgIpc) is 3.20. The van der Waals surface area contributed by atoms with Crippen molar-refractivity contribution in [2.24, 2.45) is 0 Å². The molecule has 1 amide bonds. The van der Waals surface area contributed by atoms with Gasteiger partial charge in [-0.2, -0.15) is 5.26 Å². The first-order chi connectivity index (χ1) is 14.5. The van der Waals surface area contributed by atoms with Gasteiger partial charge in [0.2, 0.25) is 0 Å². The summed E-state index contributed by atoms with van der Waals surface area (Å²) in [7, 11) is 0. The van der Waals surface area contributed by atoms with E-state index in [-0.39, 0.29) is 4.32 Å². The lowest BCUT2D eigenvalue weighted by molar-refractivity contribution is -0.140. The van der Waals surface area contributed by atoms with E-state index in [9.17, 15) is 9.59 Å². The predicted molar refractivity (Wildman–Crippen MR) is 118 cm³/mol. The van der Waals surface area contributed by atoms with Gasteiger partial charge in [-0.25, -0.2) is 4.98 Å². The summed E-state index contributed by atoms with van der Waals surface area (Å²) < 4.78 is 2.18. The van der Waals surface area contributed by atoms with Gasteiger partial charge in [-0.3, -0.25) is 14.5 Å². The average molecular weight is 435 g/mol. The maximum atomic E-state index is 12.6. The molecule has 0 bridgehead atoms. The summed E-state index contributed by atoms with van der Waals surface area (Å²) in [4.78, 5) is 29.7. The van der Waals surface area contributed by atoms with Gasteiger partial charge < -0.3 is 9.67 Å². The maximum absolute atomic E-state index is 12.6. The van der Waals surface area contributed by atoms with E-state index in [2.05, 4.69) is 11.1 Å². The number of hydrogen-bond acceptors (Lipinski definition) is 6. The van der Waals surface area contributed by atoms with Gasteiger partial charge in [0.25, 0.3) is 5.91 Å². The van der Waals surface area contributed by atoms with Crippen LogP contribution in [-0.2, 0) is 16.1 Å². The number of thioether (sulfide) groups is 1. The Morgan fingerprint density at radius 3 is 2.67 bits per heavy atom. The van der Waals surface area contributed by atoms with Crippen LogP contribution in [0.5, 0.6) is 0 Å². The van der Waals surface area contributed by atoms with Crippen molar-refractivity contribution in [2.75, 3.05) is 6.54 Å². The molecule has 9 heteroatoms. The number of carbonyl (C=O) groups is 2. The monoisotopic (exact) mass is 434 g/mol. The number of aliphatic carboxylic acids is 1. The van der Waals surface area contributed by atoms with Crippen molar-refractivity contribution in [3.8, 4) is 6.07 Å². The Morgan fingerprint density at radius 1 is 1.23 bits per heavy atom. The van der Waals surface area contributed by atoms with Crippen molar-refractivity contribution in [1.29, 1.82) is 5.26 Å². The molecule has 0 unspecified atom stereocenters. The number of nitriles is 1. The number of rotatable bonds is 5. The van der Waals surface area contributed by atoms with Crippen molar-refractivity contribution in [3.05, 3.63) is 70.4 Å². The quantitative estimate of drug-likeness (QED) is 0.486. The summed E-state index contributed by atoms with van der Waals surface area (Å²) in [5.41, 5.74) is 3.23. The Kier molecular flexibility index (Phi) is 5.35. The fraction of sp³-hybridized carbons (Fsp3) is 0.0952. The van der Waals surface area contributed by atoms with Crippen LogP contribution >= 0.6 is 24.0 Å². The number of thiocarbonyl (C=S) groups is 1. The maximum Gasteiger partial charge on any atom is 0.323 e. The van der Waals surface area contributed by atoms with E-state index in [0.29, 0.717) is 22.8 Å². The van der Waals surface area contributed by atoms with E-state index in [0.717, 1.165) is 33.3 Å². The van der Waals surface area contributed by atoms with E-state index in [1.165, 1.54) is 0 Å². The number of benzene rings is 2. The second-order valence-corrected chi connectivity index (χ2v) is 8.19. The number of amides is 1. The fourth-order valence-electron chi connectivity index (χ4n) is 3.13. The third kappa shape index (κ3) is 3.83. The number of nitrogens with zero attached hydrogens (tertiary/aromatic N) is 4. The first-order valence-electron chi connectivity index (χ1n) is 8.88. The van der Waals surface area contributed by atoms with E-state index in [4.69, 9.17) is 22.6 Å². The van der Waals surface area contributed by atoms with Gasteiger partial charge in [-0.15, -0.1) is 0 Å². The lowest BCUT2D eigenvalue weighted by Crippen LogP contribution is -2.33. The highest BCUT2D eigenvalue weighted by atomic mass is 32.2. The molecule has 1 aliphatic heterocycles. The molecule has 3 aromatic rings. The van der Waals surface area contributed by atoms with Crippen molar-refractivity contribution in [2.45, 2.75) is 6.54 Å². The van der Waals surface area contributed by atoms with Gasteiger partial charge >= 0.3 is 5.97 Å². The smallest absolute Gasteiger partial charge is 0.323 e. The molecule has 0 aliphatic carbocycles. The molecular weight excluding hydrogens is 420 g/mol. The first-order valence-corrected chi connectivity index (χ1v) is 10.1. The van der Waals surface area contributed by atoms with Crippen LogP contribution < -0.4 is 0 Å². The summed E-state index contributed by atoms with van der Waals surface area (Å²) in [6, 6.07) is 17.0. The molecule has 1 saturated heterocycles. The van der Waals surface area contributed by atoms with E-state index >= 15 is 0 Å². The van der Waals surface area contributed by atoms with Crippen molar-refractivity contribution in [3.63, 3.8) is 0 Å². The highest BCUT2D eigenvalue weighted by Crippen LogP contribution is 2.33. The molecule has 2 aromatic carbocycles. The zero-order chi connectivity index (χ0) is 21.3. The Labute approximate surface area is 181 Å². The largest absolute Gasteiger partial charge is 0.480 e. The number of fused-ring (bicyclic) bond motifs is 1. The van der Waals surface area contributed by atoms with Crippen LogP contribution in [0.2, 0.25) is 0 Å². The molecule has 0 atom stereocenters. The number of carbonyl (C=O) groups excluding carboxylic acids is 1. The summed E-state index contributed by atoms with van der Waals surface area (Å²) in [6.45, 7) is 0.0249. The molecular formula is C21H14N4O3S2. The normalized spacial score (nSPS) is 15.2. The molecule has 0 spiro atoms. The van der Waals surface area contributed by atoms with Gasteiger partial charge in [0.05, 0.1) is 27.6 Å². The molecule has 1 aromatic heterocycles. The van der Waals surface area contributed by atoms with Crippen LogP contribution in [0, 0.1) is 11.3 Å². The number of para-hydroxylation sites is 2. The number of aromatic nitrogens is 2. The van der Waals surface area contributed by atoms with Crippen LogP contribution in [0.15, 0.2) is 53.4 Å². The molecule has 30 heavy (non-hydrogen) atoms. The standard InChI is InChI=1S/C21H14N4O3S2/c22-10-13-5-7-14(8-6-13)11-24-16-4-2-1-3-15(16)23-18(24)9-17-20(28)25(12-19(26)27)21(29)30-17/h1-9H,11-12H2,(H,26,27)/b17-9-. The fourth-order valence-corrected chi connectivity index (χ4v) is 4.35. The second-order valence-electron chi connectivity index (χ2n) is 6.52. The SMILES string of the molecule is N#Cc1ccc(Cn2c(/C=C3\SC(=S)N(CC(=O)O)C3=O)nc3ccccc32)cc1. The molecule has 4 rings (SSSR count). The molecule has 0 saturated carbocycles. The number of carboxylic acid groups (broad SMARTS) is 1. The summed E-state index contributed by atoms with van der Waals surface area (Å²) in [6.07, 6.45) is 1.64. The minimum absolute atomic E-state index is 0.211. The Hall–Kier alpha value is -3.48. The number of imidazole rings is 1. The number of carboxylic acids is 1. The van der Waals surface area contributed by atoms with E-state index in [1.807, 2.05) is 41.0 Å². The summed E-state index contributed by atoms with van der Waals surface area (Å²) in [5.74, 6) is -0.999. The van der Waals surface area contributed by atoms with Crippen molar-refractivity contribution in [1.82, 2.24) is 14.5 Å². The lowest BCUT2D eigenvalue weighted by atomic mass is 10.1. The minimum atomic E-state index is -1.12. The number of hydrogen-bond donors (Lipinski definition) is 1. The molecule has 7 nitrogen and oxygen atoms in total. The Bertz CT molecular complexity index is 1260. The lowest BCUT2D eigenvalue weighted by Gasteiger charge is -2.10. The topological polar surface area (TPSA) is 99.2 Å². The summed E-state index contributed by atoms with van der Waals surface area (Å²) >= 11 is 6.23. The van der Waals surface area contributed by atoms with E-state index < -0.39 is 18.4 Å². The minimum Gasteiger partial charge on any atom is -0.480 e. The molecule has 0 radical (unpaired) electrons.